The Hall–Kier alpha value is -2.10. The van der Waals surface area contributed by atoms with Gasteiger partial charge in [-0.15, -0.1) is 0 Å². The van der Waals surface area contributed by atoms with E-state index in [9.17, 15) is 0 Å². The van der Waals surface area contributed by atoms with Crippen LogP contribution in [-0.2, 0) is 0 Å². The van der Waals surface area contributed by atoms with Crippen molar-refractivity contribution in [2.75, 3.05) is 0 Å². The van der Waals surface area contributed by atoms with E-state index in [-0.39, 0.29) is 5.92 Å². The van der Waals surface area contributed by atoms with Crippen LogP contribution in [0.15, 0.2) is 30.6 Å². The Bertz CT molecular complexity index is 679. The Morgan fingerprint density at radius 3 is 2.74 bits per heavy atom. The maximum absolute atomic E-state index is 4.44. The summed E-state index contributed by atoms with van der Waals surface area (Å²) < 4.78 is 0. The lowest BCUT2D eigenvalue weighted by Gasteiger charge is -2.19. The molecule has 0 bridgehead atoms. The number of aromatic amines is 2. The lowest BCUT2D eigenvalue weighted by molar-refractivity contribution is 0.543. The van der Waals surface area contributed by atoms with Gasteiger partial charge in [-0.05, 0) is 30.5 Å². The van der Waals surface area contributed by atoms with Gasteiger partial charge in [-0.25, -0.2) is 9.97 Å². The van der Waals surface area contributed by atoms with Crippen LogP contribution in [0.1, 0.15) is 37.0 Å². The number of aromatic nitrogens is 4. The molecule has 19 heavy (non-hydrogen) atoms. The van der Waals surface area contributed by atoms with Gasteiger partial charge in [0.05, 0.1) is 11.0 Å². The van der Waals surface area contributed by atoms with Crippen LogP contribution >= 0.6 is 0 Å². The molecule has 1 atom stereocenters. The minimum Gasteiger partial charge on any atom is -0.348 e. The molecule has 4 nitrogen and oxygen atoms in total. The van der Waals surface area contributed by atoms with Gasteiger partial charge in [-0.1, -0.05) is 19.9 Å². The summed E-state index contributed by atoms with van der Waals surface area (Å²) in [5, 5.41) is 0. The first-order valence-corrected chi connectivity index (χ1v) is 6.60. The highest BCUT2D eigenvalue weighted by atomic mass is 14.9. The highest BCUT2D eigenvalue weighted by molar-refractivity contribution is 5.76. The fourth-order valence-corrected chi connectivity index (χ4v) is 2.65. The Balaban J connectivity index is 2.09. The van der Waals surface area contributed by atoms with Crippen molar-refractivity contribution in [1.29, 1.82) is 0 Å². The average molecular weight is 254 g/mol. The van der Waals surface area contributed by atoms with E-state index < -0.39 is 0 Å². The minimum absolute atomic E-state index is 0.281. The molecular formula is C15H18N4. The second-order valence-corrected chi connectivity index (χ2v) is 5.29. The smallest absolute Gasteiger partial charge is 0.113 e. The van der Waals surface area contributed by atoms with Crippen molar-refractivity contribution in [3.63, 3.8) is 0 Å². The molecule has 0 saturated heterocycles. The monoisotopic (exact) mass is 254 g/mol. The van der Waals surface area contributed by atoms with Crippen molar-refractivity contribution in [3.8, 4) is 0 Å². The molecule has 2 aromatic heterocycles. The fourth-order valence-electron chi connectivity index (χ4n) is 2.65. The first kappa shape index (κ1) is 12.0. The zero-order chi connectivity index (χ0) is 13.4. The Kier molecular flexibility index (Phi) is 2.85. The molecular weight excluding hydrogens is 236 g/mol. The number of fused-ring (bicyclic) bond motifs is 1. The van der Waals surface area contributed by atoms with Crippen LogP contribution in [0.4, 0.5) is 0 Å². The van der Waals surface area contributed by atoms with Crippen molar-refractivity contribution in [2.45, 2.75) is 26.7 Å². The summed E-state index contributed by atoms with van der Waals surface area (Å²) >= 11 is 0. The van der Waals surface area contributed by atoms with Crippen LogP contribution < -0.4 is 0 Å². The highest BCUT2D eigenvalue weighted by Gasteiger charge is 2.20. The third kappa shape index (κ3) is 2.14. The summed E-state index contributed by atoms with van der Waals surface area (Å²) in [7, 11) is 0. The lowest BCUT2D eigenvalue weighted by Crippen LogP contribution is -2.10. The molecule has 0 amide bonds. The number of aryl methyl sites for hydroxylation is 1. The van der Waals surface area contributed by atoms with Gasteiger partial charge in [0.1, 0.15) is 11.6 Å². The minimum atomic E-state index is 0.281. The first-order chi connectivity index (χ1) is 9.15. The highest BCUT2D eigenvalue weighted by Crippen LogP contribution is 2.31. The second kappa shape index (κ2) is 4.53. The van der Waals surface area contributed by atoms with Gasteiger partial charge in [0.15, 0.2) is 0 Å². The van der Waals surface area contributed by atoms with Crippen molar-refractivity contribution >= 4 is 11.0 Å². The number of benzene rings is 1. The molecule has 0 spiro atoms. The van der Waals surface area contributed by atoms with E-state index in [0.717, 1.165) is 22.7 Å². The molecule has 0 fully saturated rings. The van der Waals surface area contributed by atoms with E-state index in [2.05, 4.69) is 52.0 Å². The Labute approximate surface area is 112 Å². The van der Waals surface area contributed by atoms with E-state index in [1.807, 2.05) is 19.3 Å². The van der Waals surface area contributed by atoms with E-state index in [0.29, 0.717) is 5.92 Å². The predicted octanol–water partition coefficient (Wildman–Crippen LogP) is 3.38. The van der Waals surface area contributed by atoms with Gasteiger partial charge in [0.25, 0.3) is 0 Å². The Morgan fingerprint density at radius 2 is 2.05 bits per heavy atom. The number of imidazole rings is 2. The summed E-state index contributed by atoms with van der Waals surface area (Å²) in [6.45, 7) is 6.41. The molecule has 0 aliphatic rings. The molecule has 1 aromatic carbocycles. The second-order valence-electron chi connectivity index (χ2n) is 5.29. The number of hydrogen-bond acceptors (Lipinski definition) is 2. The van der Waals surface area contributed by atoms with Crippen LogP contribution in [0, 0.1) is 12.8 Å². The molecule has 2 heterocycles. The fraction of sp³-hybridized carbons (Fsp3) is 0.333. The number of hydrogen-bond donors (Lipinski definition) is 2. The predicted molar refractivity (Wildman–Crippen MR) is 76.1 cm³/mol. The van der Waals surface area contributed by atoms with Crippen molar-refractivity contribution in [2.24, 2.45) is 5.92 Å². The molecule has 0 aliphatic heterocycles. The summed E-state index contributed by atoms with van der Waals surface area (Å²) in [6.07, 6.45) is 3.69. The van der Waals surface area contributed by atoms with E-state index >= 15 is 0 Å². The summed E-state index contributed by atoms with van der Waals surface area (Å²) in [5.74, 6) is 2.73. The van der Waals surface area contributed by atoms with Crippen molar-refractivity contribution in [1.82, 2.24) is 19.9 Å². The van der Waals surface area contributed by atoms with Crippen LogP contribution in [0.2, 0.25) is 0 Å². The Morgan fingerprint density at radius 1 is 1.21 bits per heavy atom. The van der Waals surface area contributed by atoms with Crippen LogP contribution in [0.5, 0.6) is 0 Å². The van der Waals surface area contributed by atoms with Crippen molar-refractivity contribution in [3.05, 3.63) is 47.8 Å². The third-order valence-corrected chi connectivity index (χ3v) is 3.46. The number of nitrogens with zero attached hydrogens (tertiary/aromatic N) is 2. The molecule has 98 valence electrons. The normalized spacial score (nSPS) is 13.3. The maximum atomic E-state index is 4.44. The summed E-state index contributed by atoms with van der Waals surface area (Å²) in [4.78, 5) is 15.4. The van der Waals surface area contributed by atoms with Crippen LogP contribution in [0.25, 0.3) is 11.0 Å². The molecule has 4 heteroatoms. The third-order valence-electron chi connectivity index (χ3n) is 3.46. The van der Waals surface area contributed by atoms with E-state index in [1.54, 1.807) is 0 Å². The van der Waals surface area contributed by atoms with Gasteiger partial charge in [-0.2, -0.15) is 0 Å². The van der Waals surface area contributed by atoms with Gasteiger partial charge in [-0.3, -0.25) is 0 Å². The zero-order valence-electron chi connectivity index (χ0n) is 11.4. The molecule has 0 aliphatic carbocycles. The van der Waals surface area contributed by atoms with Crippen LogP contribution in [0.3, 0.4) is 0 Å². The average Bonchev–Trinajstić information content (AvgIpc) is 2.96. The largest absolute Gasteiger partial charge is 0.348 e. The molecule has 0 radical (unpaired) electrons. The lowest BCUT2D eigenvalue weighted by atomic mass is 9.87. The van der Waals surface area contributed by atoms with E-state index in [1.165, 1.54) is 5.56 Å². The van der Waals surface area contributed by atoms with Gasteiger partial charge < -0.3 is 9.97 Å². The molecule has 1 unspecified atom stereocenters. The summed E-state index contributed by atoms with van der Waals surface area (Å²) in [5.41, 5.74) is 3.37. The quantitative estimate of drug-likeness (QED) is 0.752. The number of rotatable bonds is 3. The number of nitrogens with one attached hydrogen (secondary N) is 2. The van der Waals surface area contributed by atoms with Crippen LogP contribution in [-0.4, -0.2) is 19.9 Å². The van der Waals surface area contributed by atoms with Gasteiger partial charge >= 0.3 is 0 Å². The molecule has 3 aromatic rings. The van der Waals surface area contributed by atoms with Crippen molar-refractivity contribution < 1.29 is 0 Å². The van der Waals surface area contributed by atoms with Gasteiger partial charge in [0, 0.05) is 18.3 Å². The maximum Gasteiger partial charge on any atom is 0.113 e. The summed E-state index contributed by atoms with van der Waals surface area (Å²) in [6, 6.07) is 6.41. The molecule has 2 N–H and O–H groups in total. The van der Waals surface area contributed by atoms with Gasteiger partial charge in [0.2, 0.25) is 0 Å². The van der Waals surface area contributed by atoms with E-state index in [4.69, 9.17) is 0 Å². The topological polar surface area (TPSA) is 57.4 Å². The molecule has 0 saturated carbocycles. The number of H-pyrrole nitrogens is 2. The standard InChI is InChI=1S/C15H18N4/c1-9(2)14(15-16-6-7-17-15)11-4-5-12-13(8-11)19-10(3)18-12/h4-9,14H,1-3H3,(H,16,17)(H,18,19). The molecule has 3 rings (SSSR count). The SMILES string of the molecule is Cc1nc2ccc(C(c3ncc[nH]3)C(C)C)cc2[nH]1. The zero-order valence-corrected chi connectivity index (χ0v) is 11.4. The first-order valence-electron chi connectivity index (χ1n) is 6.60.